The summed E-state index contributed by atoms with van der Waals surface area (Å²) in [6.07, 6.45) is 1.47. The summed E-state index contributed by atoms with van der Waals surface area (Å²) in [5.74, 6) is -0.0248. The lowest BCUT2D eigenvalue weighted by Gasteiger charge is -2.11. The van der Waals surface area contributed by atoms with Crippen LogP contribution in [-0.4, -0.2) is 28.9 Å². The van der Waals surface area contributed by atoms with Crippen molar-refractivity contribution >= 4 is 27.3 Å². The third-order valence-corrected chi connectivity index (χ3v) is 5.43. The van der Waals surface area contributed by atoms with Crippen molar-refractivity contribution in [3.63, 3.8) is 0 Å². The Bertz CT molecular complexity index is 1140. The van der Waals surface area contributed by atoms with E-state index in [1.165, 1.54) is 16.9 Å². The van der Waals surface area contributed by atoms with Crippen LogP contribution in [0.5, 0.6) is 0 Å². The van der Waals surface area contributed by atoms with Crippen LogP contribution in [0, 0.1) is 6.92 Å². The average molecular weight is 405 g/mol. The van der Waals surface area contributed by atoms with E-state index < -0.39 is 10.0 Å². The Morgan fingerprint density at radius 2 is 1.96 bits per heavy atom. The quantitative estimate of drug-likeness (QED) is 0.659. The zero-order valence-electron chi connectivity index (χ0n) is 14.7. The lowest BCUT2D eigenvalue weighted by atomic mass is 10.0. The molecule has 0 spiro atoms. The number of nitrogens with one attached hydrogen (secondary N) is 1. The van der Waals surface area contributed by atoms with Gasteiger partial charge in [0.15, 0.2) is 0 Å². The summed E-state index contributed by atoms with van der Waals surface area (Å²) in [5.41, 5.74) is 2.52. The number of anilines is 1. The van der Waals surface area contributed by atoms with Gasteiger partial charge in [0.2, 0.25) is 10.0 Å². The van der Waals surface area contributed by atoms with E-state index in [1.807, 2.05) is 0 Å². The molecule has 1 aromatic carbocycles. The second kappa shape index (κ2) is 7.50. The lowest BCUT2D eigenvalue weighted by molar-refractivity contribution is 0.602. The van der Waals surface area contributed by atoms with Crippen molar-refractivity contribution in [1.29, 1.82) is 0 Å². The van der Waals surface area contributed by atoms with Gasteiger partial charge in [-0.05, 0) is 43.7 Å². The van der Waals surface area contributed by atoms with Crippen LogP contribution in [0.2, 0.25) is 5.15 Å². The normalized spacial score (nSPS) is 11.4. The minimum atomic E-state index is -3.39. The highest BCUT2D eigenvalue weighted by atomic mass is 35.5. The molecule has 0 unspecified atom stereocenters. The third kappa shape index (κ3) is 4.35. The van der Waals surface area contributed by atoms with E-state index in [9.17, 15) is 13.2 Å². The number of sulfonamides is 1. The maximum atomic E-state index is 12.5. The molecular weight excluding hydrogens is 388 g/mol. The Hall–Kier alpha value is -2.71. The molecule has 9 heteroatoms. The minimum absolute atomic E-state index is 0.0248. The van der Waals surface area contributed by atoms with E-state index in [0.717, 1.165) is 0 Å². The molecule has 7 nitrogen and oxygen atoms in total. The topological polar surface area (TPSA) is 94.0 Å². The molecule has 0 fully saturated rings. The molecule has 2 heterocycles. The molecule has 0 bridgehead atoms. The van der Waals surface area contributed by atoms with Crippen LogP contribution in [0.15, 0.2) is 53.5 Å². The highest BCUT2D eigenvalue weighted by molar-refractivity contribution is 7.92. The van der Waals surface area contributed by atoms with Crippen molar-refractivity contribution < 1.29 is 8.42 Å². The van der Waals surface area contributed by atoms with Gasteiger partial charge in [-0.2, -0.15) is 9.78 Å². The first-order valence-electron chi connectivity index (χ1n) is 8.13. The van der Waals surface area contributed by atoms with Crippen molar-refractivity contribution in [2.75, 3.05) is 10.5 Å². The molecule has 0 aliphatic carbocycles. The minimum Gasteiger partial charge on any atom is -0.284 e. The summed E-state index contributed by atoms with van der Waals surface area (Å²) in [6.45, 7) is 3.34. The third-order valence-electron chi connectivity index (χ3n) is 3.90. The summed E-state index contributed by atoms with van der Waals surface area (Å²) >= 11 is 5.78. The predicted octanol–water partition coefficient (Wildman–Crippen LogP) is 3.02. The van der Waals surface area contributed by atoms with Crippen molar-refractivity contribution in [3.8, 4) is 16.8 Å². The number of benzene rings is 1. The van der Waals surface area contributed by atoms with Gasteiger partial charge in [0.1, 0.15) is 5.15 Å². The van der Waals surface area contributed by atoms with Gasteiger partial charge in [-0.1, -0.05) is 23.7 Å². The van der Waals surface area contributed by atoms with E-state index in [2.05, 4.69) is 14.8 Å². The average Bonchev–Trinajstić information content (AvgIpc) is 2.64. The SMILES string of the molecule is CCS(=O)(=O)Nc1cccc(-c2cc(=O)n(-c3ccc(Cl)nc3)nc2C)c1. The fourth-order valence-corrected chi connectivity index (χ4v) is 3.26. The summed E-state index contributed by atoms with van der Waals surface area (Å²) in [4.78, 5) is 16.5. The molecule has 3 rings (SSSR count). The van der Waals surface area contributed by atoms with Gasteiger partial charge in [0.25, 0.3) is 5.56 Å². The van der Waals surface area contributed by atoms with Crippen LogP contribution in [0.4, 0.5) is 5.69 Å². The monoisotopic (exact) mass is 404 g/mol. The van der Waals surface area contributed by atoms with Crippen LogP contribution in [0.25, 0.3) is 16.8 Å². The van der Waals surface area contributed by atoms with E-state index in [4.69, 9.17) is 11.6 Å². The highest BCUT2D eigenvalue weighted by Crippen LogP contribution is 2.24. The van der Waals surface area contributed by atoms with Crippen LogP contribution in [0.1, 0.15) is 12.6 Å². The first kappa shape index (κ1) is 19.1. The summed E-state index contributed by atoms with van der Waals surface area (Å²) in [7, 11) is -3.39. The zero-order valence-corrected chi connectivity index (χ0v) is 16.3. The molecule has 0 saturated carbocycles. The van der Waals surface area contributed by atoms with Crippen LogP contribution in [-0.2, 0) is 10.0 Å². The fourth-order valence-electron chi connectivity index (χ4n) is 2.51. The molecule has 140 valence electrons. The van der Waals surface area contributed by atoms with E-state index in [0.29, 0.717) is 33.3 Å². The van der Waals surface area contributed by atoms with Gasteiger partial charge in [0.05, 0.1) is 23.3 Å². The summed E-state index contributed by atoms with van der Waals surface area (Å²) in [5, 5.41) is 4.68. The predicted molar refractivity (Wildman–Crippen MR) is 106 cm³/mol. The van der Waals surface area contributed by atoms with Crippen LogP contribution < -0.4 is 10.3 Å². The molecule has 0 aliphatic rings. The number of hydrogen-bond donors (Lipinski definition) is 1. The van der Waals surface area contributed by atoms with Gasteiger partial charge in [-0.15, -0.1) is 0 Å². The van der Waals surface area contributed by atoms with Gasteiger partial charge in [-0.25, -0.2) is 13.4 Å². The number of halogens is 1. The smallest absolute Gasteiger partial charge is 0.272 e. The van der Waals surface area contributed by atoms with Crippen molar-refractivity contribution in [2.24, 2.45) is 0 Å². The Morgan fingerprint density at radius 3 is 2.63 bits per heavy atom. The van der Waals surface area contributed by atoms with Crippen molar-refractivity contribution in [2.45, 2.75) is 13.8 Å². The van der Waals surface area contributed by atoms with Gasteiger partial charge in [-0.3, -0.25) is 9.52 Å². The molecule has 1 N–H and O–H groups in total. The molecule has 0 saturated heterocycles. The molecule has 2 aromatic heterocycles. The molecule has 0 amide bonds. The summed E-state index contributed by atoms with van der Waals surface area (Å²) in [6, 6.07) is 11.5. The Kier molecular flexibility index (Phi) is 5.29. The first-order chi connectivity index (χ1) is 12.8. The van der Waals surface area contributed by atoms with Crippen molar-refractivity contribution in [1.82, 2.24) is 14.8 Å². The second-order valence-corrected chi connectivity index (χ2v) is 8.22. The Labute approximate surface area is 161 Å². The lowest BCUT2D eigenvalue weighted by Crippen LogP contribution is -2.22. The maximum absolute atomic E-state index is 12.5. The largest absolute Gasteiger partial charge is 0.284 e. The number of nitrogens with zero attached hydrogens (tertiary/aromatic N) is 3. The molecule has 0 aliphatic heterocycles. The van der Waals surface area contributed by atoms with Crippen molar-refractivity contribution in [3.05, 3.63) is 69.9 Å². The Balaban J connectivity index is 2.02. The molecule has 0 atom stereocenters. The summed E-state index contributed by atoms with van der Waals surface area (Å²) < 4.78 is 27.3. The second-order valence-electron chi connectivity index (χ2n) is 5.82. The zero-order chi connectivity index (χ0) is 19.6. The Morgan fingerprint density at radius 1 is 1.19 bits per heavy atom. The van der Waals surface area contributed by atoms with E-state index in [1.54, 1.807) is 50.2 Å². The maximum Gasteiger partial charge on any atom is 0.272 e. The van der Waals surface area contributed by atoms with E-state index in [-0.39, 0.29) is 11.3 Å². The van der Waals surface area contributed by atoms with Gasteiger partial charge >= 0.3 is 0 Å². The van der Waals surface area contributed by atoms with Crippen LogP contribution >= 0.6 is 11.6 Å². The number of aryl methyl sites for hydroxylation is 1. The fraction of sp³-hybridized carbons (Fsp3) is 0.167. The van der Waals surface area contributed by atoms with Gasteiger partial charge in [0, 0.05) is 17.3 Å². The van der Waals surface area contributed by atoms with Gasteiger partial charge < -0.3 is 0 Å². The molecule has 3 aromatic rings. The number of pyridine rings is 1. The van der Waals surface area contributed by atoms with E-state index >= 15 is 0 Å². The molecule has 27 heavy (non-hydrogen) atoms. The number of aromatic nitrogens is 3. The standard InChI is InChI=1S/C18H17ClN4O3S/c1-3-27(25,26)22-14-6-4-5-13(9-14)16-10-18(24)23(21-12(16)2)15-7-8-17(19)20-11-15/h4-11,22H,3H2,1-2H3. The molecule has 0 radical (unpaired) electrons. The number of hydrogen-bond acceptors (Lipinski definition) is 5. The number of rotatable bonds is 5. The highest BCUT2D eigenvalue weighted by Gasteiger charge is 2.12. The van der Waals surface area contributed by atoms with Crippen LogP contribution in [0.3, 0.4) is 0 Å². The first-order valence-corrected chi connectivity index (χ1v) is 10.2. The molecular formula is C18H17ClN4O3S.